The maximum Gasteiger partial charge on any atom is 0.406 e. The van der Waals surface area contributed by atoms with Crippen LogP contribution in [0.5, 0.6) is 5.75 Å². The van der Waals surface area contributed by atoms with Crippen LogP contribution in [0.25, 0.3) is 0 Å². The lowest BCUT2D eigenvalue weighted by Gasteiger charge is -2.17. The van der Waals surface area contributed by atoms with Gasteiger partial charge in [0.05, 0.1) is 12.4 Å². The molecule has 13 heteroatoms. The van der Waals surface area contributed by atoms with Gasteiger partial charge in [0.25, 0.3) is 5.91 Å². The Kier molecular flexibility index (Phi) is 8.89. The molecule has 3 rings (SSSR count). The van der Waals surface area contributed by atoms with Crippen LogP contribution >= 0.6 is 0 Å². The number of nitrogens with zero attached hydrogens (tertiary/aromatic N) is 2. The zero-order valence-corrected chi connectivity index (χ0v) is 20.4. The Morgan fingerprint density at radius 2 is 2.00 bits per heavy atom. The van der Waals surface area contributed by atoms with E-state index in [-0.39, 0.29) is 24.6 Å². The molecule has 2 aliphatic rings. The van der Waals surface area contributed by atoms with Crippen LogP contribution in [-0.4, -0.2) is 68.4 Å². The minimum absolute atomic E-state index is 0.116. The van der Waals surface area contributed by atoms with Gasteiger partial charge >= 0.3 is 12.1 Å². The fraction of sp³-hybridized carbons (Fsp3) is 0.591. The first-order chi connectivity index (χ1) is 16.6. The average Bonchev–Trinajstić information content (AvgIpc) is 3.57. The van der Waals surface area contributed by atoms with E-state index in [4.69, 9.17) is 10.5 Å². The largest absolute Gasteiger partial charge is 0.490 e. The molecule has 0 aromatic heterocycles. The molecule has 1 heterocycles. The standard InChI is InChI=1S/C22H31FN4O7S/c1-15(17-7-8-18(23)19(11-17)33-13-16-5-6-16)25-35(31,32)10-4-2-3-9-26-12-20(28)27(22(26)30)14-34-21(24)29/h7-8,11,15-16,25H,2-6,9-10,12-14H2,1H3,(H2,24,29)/t15-/m1/s1. The van der Waals surface area contributed by atoms with Crippen molar-refractivity contribution in [2.45, 2.75) is 45.1 Å². The second kappa shape index (κ2) is 11.7. The zero-order valence-electron chi connectivity index (χ0n) is 19.6. The molecule has 11 nitrogen and oxygen atoms in total. The molecule has 1 aromatic carbocycles. The Hall–Kier alpha value is -2.93. The number of benzene rings is 1. The molecule has 0 radical (unpaired) electrons. The van der Waals surface area contributed by atoms with Crippen LogP contribution < -0.4 is 15.2 Å². The van der Waals surface area contributed by atoms with Crippen LogP contribution in [0.2, 0.25) is 0 Å². The number of urea groups is 1. The molecule has 35 heavy (non-hydrogen) atoms. The summed E-state index contributed by atoms with van der Waals surface area (Å²) in [4.78, 5) is 36.8. The van der Waals surface area contributed by atoms with Crippen LogP contribution in [0.1, 0.15) is 50.6 Å². The quantitative estimate of drug-likeness (QED) is 0.285. The van der Waals surface area contributed by atoms with Crippen molar-refractivity contribution < 1.29 is 36.7 Å². The average molecular weight is 515 g/mol. The Morgan fingerprint density at radius 3 is 2.69 bits per heavy atom. The second-order valence-electron chi connectivity index (χ2n) is 8.78. The number of carbonyl (C=O) groups is 3. The van der Waals surface area contributed by atoms with Gasteiger partial charge in [-0.1, -0.05) is 12.5 Å². The fourth-order valence-electron chi connectivity index (χ4n) is 3.58. The number of ether oxygens (including phenoxy) is 2. The van der Waals surface area contributed by atoms with E-state index in [1.807, 2.05) is 0 Å². The van der Waals surface area contributed by atoms with Crippen molar-refractivity contribution in [3.05, 3.63) is 29.6 Å². The van der Waals surface area contributed by atoms with Crippen molar-refractivity contribution in [3.63, 3.8) is 0 Å². The maximum absolute atomic E-state index is 14.0. The molecule has 2 fully saturated rings. The Bertz CT molecular complexity index is 1050. The van der Waals surface area contributed by atoms with E-state index in [1.54, 1.807) is 6.92 Å². The molecule has 194 valence electrons. The summed E-state index contributed by atoms with van der Waals surface area (Å²) in [6, 6.07) is 3.17. The number of amides is 4. The van der Waals surface area contributed by atoms with E-state index >= 15 is 0 Å². The van der Waals surface area contributed by atoms with Crippen molar-refractivity contribution in [3.8, 4) is 5.75 Å². The van der Waals surface area contributed by atoms with Crippen LogP contribution in [0.4, 0.5) is 14.0 Å². The number of sulfonamides is 1. The normalized spacial score (nSPS) is 17.1. The highest BCUT2D eigenvalue weighted by Gasteiger charge is 2.36. The molecule has 0 bridgehead atoms. The highest BCUT2D eigenvalue weighted by molar-refractivity contribution is 7.89. The molecule has 1 aliphatic heterocycles. The van der Waals surface area contributed by atoms with Gasteiger partial charge in [-0.2, -0.15) is 0 Å². The van der Waals surface area contributed by atoms with E-state index in [0.29, 0.717) is 37.4 Å². The number of hydrogen-bond acceptors (Lipinski definition) is 7. The molecule has 4 amide bonds. The minimum atomic E-state index is -3.60. The lowest BCUT2D eigenvalue weighted by molar-refractivity contribution is -0.127. The first-order valence-electron chi connectivity index (χ1n) is 11.5. The zero-order chi connectivity index (χ0) is 25.6. The smallest absolute Gasteiger partial charge is 0.406 e. The van der Waals surface area contributed by atoms with Gasteiger partial charge in [0.1, 0.15) is 6.54 Å². The van der Waals surface area contributed by atoms with Crippen molar-refractivity contribution >= 4 is 28.1 Å². The predicted molar refractivity (Wildman–Crippen MR) is 123 cm³/mol. The Balaban J connectivity index is 1.39. The van der Waals surface area contributed by atoms with Gasteiger partial charge < -0.3 is 20.1 Å². The predicted octanol–water partition coefficient (Wildman–Crippen LogP) is 2.08. The fourth-order valence-corrected chi connectivity index (χ4v) is 4.96. The molecule has 1 saturated heterocycles. The summed E-state index contributed by atoms with van der Waals surface area (Å²) in [7, 11) is -3.60. The molecule has 0 unspecified atom stereocenters. The molecule has 0 spiro atoms. The summed E-state index contributed by atoms with van der Waals surface area (Å²) in [5.41, 5.74) is 5.45. The number of halogens is 1. The van der Waals surface area contributed by atoms with Crippen LogP contribution in [0, 0.1) is 11.7 Å². The van der Waals surface area contributed by atoms with Crippen molar-refractivity contribution in [1.29, 1.82) is 0 Å². The van der Waals surface area contributed by atoms with E-state index < -0.39 is 46.6 Å². The monoisotopic (exact) mass is 514 g/mol. The third-order valence-corrected chi connectivity index (χ3v) is 7.33. The van der Waals surface area contributed by atoms with Gasteiger partial charge in [-0.15, -0.1) is 0 Å². The lowest BCUT2D eigenvalue weighted by Crippen LogP contribution is -2.36. The summed E-state index contributed by atoms with van der Waals surface area (Å²) in [6.45, 7) is 1.73. The van der Waals surface area contributed by atoms with E-state index in [0.717, 1.165) is 17.7 Å². The SMILES string of the molecule is C[C@@H](NS(=O)(=O)CCCCCN1CC(=O)N(COC(N)=O)C1=O)c1ccc(F)c(OCC2CC2)c1. The van der Waals surface area contributed by atoms with Crippen LogP contribution in [0.3, 0.4) is 0 Å². The molecular formula is C22H31FN4O7S. The molecule has 1 aromatic rings. The molecule has 1 atom stereocenters. The maximum atomic E-state index is 14.0. The highest BCUT2D eigenvalue weighted by atomic mass is 32.2. The highest BCUT2D eigenvalue weighted by Crippen LogP contribution is 2.31. The van der Waals surface area contributed by atoms with E-state index in [1.165, 1.54) is 23.1 Å². The van der Waals surface area contributed by atoms with Gasteiger partial charge in [-0.05, 0) is 56.2 Å². The summed E-state index contributed by atoms with van der Waals surface area (Å²) in [5, 5.41) is 0. The number of imide groups is 1. The number of hydrogen-bond donors (Lipinski definition) is 2. The van der Waals surface area contributed by atoms with Gasteiger partial charge in [0.2, 0.25) is 10.0 Å². The molecule has 3 N–H and O–H groups in total. The first-order valence-corrected chi connectivity index (χ1v) is 13.1. The van der Waals surface area contributed by atoms with Gasteiger partial charge in [-0.25, -0.2) is 32.0 Å². The van der Waals surface area contributed by atoms with Gasteiger partial charge in [0.15, 0.2) is 18.3 Å². The van der Waals surface area contributed by atoms with Crippen LogP contribution in [-0.2, 0) is 19.6 Å². The summed E-state index contributed by atoms with van der Waals surface area (Å²) < 4.78 is 51.6. The van der Waals surface area contributed by atoms with Crippen LogP contribution in [0.15, 0.2) is 18.2 Å². The van der Waals surface area contributed by atoms with Gasteiger partial charge in [0, 0.05) is 12.6 Å². The van der Waals surface area contributed by atoms with Crippen molar-refractivity contribution in [2.75, 3.05) is 32.2 Å². The third-order valence-electron chi connectivity index (χ3n) is 5.79. The summed E-state index contributed by atoms with van der Waals surface area (Å²) in [6.07, 6.45) is 2.43. The summed E-state index contributed by atoms with van der Waals surface area (Å²) in [5.74, 6) is -0.511. The molecule has 1 saturated carbocycles. The first kappa shape index (κ1) is 26.7. The van der Waals surface area contributed by atoms with E-state index in [2.05, 4.69) is 9.46 Å². The second-order valence-corrected chi connectivity index (χ2v) is 10.7. The number of nitrogens with one attached hydrogen (secondary N) is 1. The topological polar surface area (TPSA) is 148 Å². The Labute approximate surface area is 203 Å². The minimum Gasteiger partial charge on any atom is -0.490 e. The van der Waals surface area contributed by atoms with E-state index in [9.17, 15) is 27.2 Å². The number of nitrogens with two attached hydrogens (primary N) is 1. The molecular weight excluding hydrogens is 483 g/mol. The Morgan fingerprint density at radius 1 is 1.26 bits per heavy atom. The number of rotatable bonds is 14. The molecule has 1 aliphatic carbocycles. The summed E-state index contributed by atoms with van der Waals surface area (Å²) >= 11 is 0. The van der Waals surface area contributed by atoms with Gasteiger partial charge in [-0.3, -0.25) is 4.79 Å². The lowest BCUT2D eigenvalue weighted by atomic mass is 10.1. The number of unbranched alkanes of at least 4 members (excludes halogenated alkanes) is 2. The third kappa shape index (κ3) is 8.06. The number of carbonyl (C=O) groups excluding carboxylic acids is 3. The van der Waals surface area contributed by atoms with Crippen molar-refractivity contribution in [2.24, 2.45) is 11.7 Å². The van der Waals surface area contributed by atoms with Crippen molar-refractivity contribution in [1.82, 2.24) is 14.5 Å². The number of primary amides is 1.